The summed E-state index contributed by atoms with van der Waals surface area (Å²) in [5.74, 6) is 0. The van der Waals surface area contributed by atoms with Gasteiger partial charge in [0.1, 0.15) is 0 Å². The Bertz CT molecular complexity index is 1460. The molecule has 34 heavy (non-hydrogen) atoms. The molecule has 6 rings (SSSR count). The van der Waals surface area contributed by atoms with E-state index in [1.807, 2.05) is 6.21 Å². The van der Waals surface area contributed by atoms with Crippen LogP contribution in [0.15, 0.2) is 102 Å². The van der Waals surface area contributed by atoms with Crippen LogP contribution in [0.25, 0.3) is 21.7 Å². The van der Waals surface area contributed by atoms with Gasteiger partial charge in [0.25, 0.3) is 0 Å². The molecule has 0 atom stereocenters. The summed E-state index contributed by atoms with van der Waals surface area (Å²) in [4.78, 5) is 7.15. The van der Waals surface area contributed by atoms with Gasteiger partial charge in [-0.2, -0.15) is 0 Å². The number of benzene rings is 4. The van der Waals surface area contributed by atoms with E-state index in [1.54, 1.807) is 0 Å². The van der Waals surface area contributed by atoms with Crippen molar-refractivity contribution in [1.29, 1.82) is 0 Å². The predicted octanol–water partition coefficient (Wildman–Crippen LogP) is 6.43. The molecule has 1 fully saturated rings. The number of aromatic nitrogens is 1. The first-order valence-corrected chi connectivity index (χ1v) is 11.9. The number of anilines is 1. The molecule has 0 bridgehead atoms. The minimum Gasteiger partial charge on any atom is -0.378 e. The average molecular weight is 446 g/mol. The van der Waals surface area contributed by atoms with Crippen molar-refractivity contribution in [3.8, 4) is 0 Å². The first kappa shape index (κ1) is 20.7. The molecule has 1 aliphatic rings. The van der Waals surface area contributed by atoms with Crippen LogP contribution in [0.4, 0.5) is 11.4 Å². The molecule has 0 amide bonds. The fourth-order valence-electron chi connectivity index (χ4n) is 4.76. The van der Waals surface area contributed by atoms with Gasteiger partial charge in [-0.05, 0) is 52.7 Å². The zero-order valence-electron chi connectivity index (χ0n) is 19.1. The van der Waals surface area contributed by atoms with Crippen LogP contribution in [0.1, 0.15) is 11.1 Å². The third-order valence-electron chi connectivity index (χ3n) is 6.56. The fourth-order valence-corrected chi connectivity index (χ4v) is 4.76. The number of hydrogen-bond donors (Lipinski definition) is 0. The molecule has 0 N–H and O–H groups in total. The van der Waals surface area contributed by atoms with Crippen molar-refractivity contribution < 1.29 is 4.74 Å². The van der Waals surface area contributed by atoms with Crippen molar-refractivity contribution in [2.24, 2.45) is 4.99 Å². The molecule has 0 unspecified atom stereocenters. The Balaban J connectivity index is 1.26. The molecule has 1 saturated heterocycles. The Morgan fingerprint density at radius 2 is 1.56 bits per heavy atom. The van der Waals surface area contributed by atoms with Gasteiger partial charge in [0.05, 0.1) is 18.9 Å². The van der Waals surface area contributed by atoms with Crippen LogP contribution in [0.5, 0.6) is 0 Å². The number of nitrogens with zero attached hydrogens (tertiary/aromatic N) is 3. The van der Waals surface area contributed by atoms with Crippen molar-refractivity contribution >= 4 is 39.3 Å². The summed E-state index contributed by atoms with van der Waals surface area (Å²) in [6, 6.07) is 32.3. The third-order valence-corrected chi connectivity index (χ3v) is 6.56. The van der Waals surface area contributed by atoms with Crippen LogP contribution in [0.2, 0.25) is 0 Å². The van der Waals surface area contributed by atoms with E-state index in [-0.39, 0.29) is 0 Å². The van der Waals surface area contributed by atoms with E-state index in [1.165, 1.54) is 32.9 Å². The molecule has 1 aromatic heterocycles. The second-order valence-corrected chi connectivity index (χ2v) is 8.79. The maximum atomic E-state index is 5.46. The molecule has 4 nitrogen and oxygen atoms in total. The molecule has 0 aliphatic carbocycles. The van der Waals surface area contributed by atoms with E-state index in [0.717, 1.165) is 44.1 Å². The monoisotopic (exact) mass is 445 g/mol. The van der Waals surface area contributed by atoms with Crippen LogP contribution in [0, 0.1) is 0 Å². The molecule has 5 aromatic rings. The molecular weight excluding hydrogens is 418 g/mol. The Morgan fingerprint density at radius 1 is 0.794 bits per heavy atom. The van der Waals surface area contributed by atoms with Crippen LogP contribution in [0.3, 0.4) is 0 Å². The summed E-state index contributed by atoms with van der Waals surface area (Å²) in [6.07, 6.45) is 4.20. The quantitative estimate of drug-likeness (QED) is 0.292. The number of fused-ring (bicyclic) bond motifs is 2. The minimum atomic E-state index is 0.795. The molecule has 2 heterocycles. The topological polar surface area (TPSA) is 29.8 Å². The normalized spacial score (nSPS) is 14.4. The molecule has 0 radical (unpaired) electrons. The van der Waals surface area contributed by atoms with E-state index in [0.29, 0.717) is 0 Å². The number of para-hydroxylation sites is 1. The molecule has 4 heteroatoms. The highest BCUT2D eigenvalue weighted by Gasteiger charge is 2.11. The van der Waals surface area contributed by atoms with Gasteiger partial charge in [-0.15, -0.1) is 0 Å². The minimum absolute atomic E-state index is 0.795. The van der Waals surface area contributed by atoms with Crippen LogP contribution >= 0.6 is 0 Å². The lowest BCUT2D eigenvalue weighted by Crippen LogP contribution is -2.36. The summed E-state index contributed by atoms with van der Waals surface area (Å²) < 4.78 is 7.78. The van der Waals surface area contributed by atoms with Crippen LogP contribution < -0.4 is 4.90 Å². The van der Waals surface area contributed by atoms with E-state index < -0.39 is 0 Å². The largest absolute Gasteiger partial charge is 0.378 e. The van der Waals surface area contributed by atoms with Gasteiger partial charge >= 0.3 is 0 Å². The molecule has 4 aromatic carbocycles. The first-order valence-electron chi connectivity index (χ1n) is 11.9. The Hall–Kier alpha value is -3.89. The van der Waals surface area contributed by atoms with Gasteiger partial charge < -0.3 is 14.2 Å². The maximum absolute atomic E-state index is 5.46. The molecule has 1 aliphatic heterocycles. The average Bonchev–Trinajstić information content (AvgIpc) is 3.25. The smallest absolute Gasteiger partial charge is 0.0642 e. The van der Waals surface area contributed by atoms with E-state index in [2.05, 4.69) is 107 Å². The van der Waals surface area contributed by atoms with E-state index in [4.69, 9.17) is 9.73 Å². The predicted molar refractivity (Wildman–Crippen MR) is 142 cm³/mol. The third kappa shape index (κ3) is 4.20. The number of rotatable bonds is 5. The highest BCUT2D eigenvalue weighted by molar-refractivity contribution is 6.00. The lowest BCUT2D eigenvalue weighted by Gasteiger charge is -2.28. The summed E-state index contributed by atoms with van der Waals surface area (Å²) >= 11 is 0. The number of morpholine rings is 1. The number of hydrogen-bond acceptors (Lipinski definition) is 3. The zero-order valence-corrected chi connectivity index (χ0v) is 19.1. The van der Waals surface area contributed by atoms with Crippen molar-refractivity contribution in [3.05, 3.63) is 108 Å². The second-order valence-electron chi connectivity index (χ2n) is 8.79. The Morgan fingerprint density at radius 3 is 2.41 bits per heavy atom. The zero-order chi connectivity index (χ0) is 22.7. The molecule has 168 valence electrons. The van der Waals surface area contributed by atoms with Gasteiger partial charge in [0.15, 0.2) is 0 Å². The first-order chi connectivity index (χ1) is 16.8. The van der Waals surface area contributed by atoms with Crippen molar-refractivity contribution in [1.82, 2.24) is 4.57 Å². The lowest BCUT2D eigenvalue weighted by atomic mass is 10.1. The maximum Gasteiger partial charge on any atom is 0.0642 e. The summed E-state index contributed by atoms with van der Waals surface area (Å²) in [5.41, 5.74) is 5.84. The SMILES string of the molecule is C(=Nc1ccc(N2CCOCC2)cc1)c1cn(Cc2ccc3ccccc3c2)c2ccccc12. The number of ether oxygens (including phenoxy) is 1. The van der Waals surface area contributed by atoms with Gasteiger partial charge in [-0.3, -0.25) is 4.99 Å². The molecule has 0 spiro atoms. The van der Waals surface area contributed by atoms with Crippen LogP contribution in [-0.4, -0.2) is 37.1 Å². The van der Waals surface area contributed by atoms with E-state index in [9.17, 15) is 0 Å². The summed E-state index contributed by atoms with van der Waals surface area (Å²) in [5, 5.41) is 3.77. The molecule has 0 saturated carbocycles. The fraction of sp³-hybridized carbons (Fsp3) is 0.167. The van der Waals surface area contributed by atoms with Crippen molar-refractivity contribution in [2.45, 2.75) is 6.54 Å². The van der Waals surface area contributed by atoms with E-state index >= 15 is 0 Å². The summed E-state index contributed by atoms with van der Waals surface area (Å²) in [7, 11) is 0. The number of aliphatic imine (C=N–C) groups is 1. The molecular formula is C30H27N3O. The van der Waals surface area contributed by atoms with Crippen molar-refractivity contribution in [2.75, 3.05) is 31.2 Å². The van der Waals surface area contributed by atoms with Gasteiger partial charge in [-0.25, -0.2) is 0 Å². The lowest BCUT2D eigenvalue weighted by molar-refractivity contribution is 0.122. The Kier molecular flexibility index (Phi) is 5.58. The van der Waals surface area contributed by atoms with Gasteiger partial charge in [0.2, 0.25) is 0 Å². The van der Waals surface area contributed by atoms with Gasteiger partial charge in [-0.1, -0.05) is 54.6 Å². The highest BCUT2D eigenvalue weighted by Crippen LogP contribution is 2.25. The van der Waals surface area contributed by atoms with Gasteiger partial charge in [0, 0.05) is 54.2 Å². The summed E-state index contributed by atoms with van der Waals surface area (Å²) in [6.45, 7) is 4.30. The van der Waals surface area contributed by atoms with Crippen LogP contribution in [-0.2, 0) is 11.3 Å². The highest BCUT2D eigenvalue weighted by atomic mass is 16.5. The second kappa shape index (κ2) is 9.16. The Labute approximate surface area is 199 Å². The standard InChI is InChI=1S/C30H27N3O/c1-2-6-25-19-23(9-10-24(25)5-1)21-33-22-26(29-7-3-4-8-30(29)33)20-31-27-11-13-28(14-12-27)32-15-17-34-18-16-32/h1-14,19-20,22H,15-18,21H2. The van der Waals surface area contributed by atoms with Crippen molar-refractivity contribution in [3.63, 3.8) is 0 Å².